The third kappa shape index (κ3) is 2.33. The molecule has 1 aliphatic carbocycles. The third-order valence-corrected chi connectivity index (χ3v) is 3.42. The van der Waals surface area contributed by atoms with E-state index in [9.17, 15) is 4.79 Å². The highest BCUT2D eigenvalue weighted by molar-refractivity contribution is 5.72. The standard InChI is InChI=1S/C12H20O3/c1-8(2)7-14-11(13)9-4-5-12(3)10(6-9)15-12/h8-10H,4-7H2,1-3H3. The minimum Gasteiger partial charge on any atom is -0.465 e. The fraction of sp³-hybridized carbons (Fsp3) is 0.917. The second kappa shape index (κ2) is 3.78. The van der Waals surface area contributed by atoms with E-state index in [-0.39, 0.29) is 17.5 Å². The number of ether oxygens (including phenoxy) is 2. The molecular formula is C12H20O3. The number of epoxide rings is 1. The Kier molecular flexibility index (Phi) is 2.75. The first kappa shape index (κ1) is 10.9. The monoisotopic (exact) mass is 212 g/mol. The van der Waals surface area contributed by atoms with Crippen LogP contribution in [0, 0.1) is 11.8 Å². The topological polar surface area (TPSA) is 38.8 Å². The predicted octanol–water partition coefficient (Wildman–Crippen LogP) is 2.14. The molecule has 86 valence electrons. The van der Waals surface area contributed by atoms with E-state index in [0.29, 0.717) is 18.6 Å². The number of fused-ring (bicyclic) bond motifs is 1. The van der Waals surface area contributed by atoms with E-state index >= 15 is 0 Å². The third-order valence-electron chi connectivity index (χ3n) is 3.42. The second-order valence-electron chi connectivity index (χ2n) is 5.41. The summed E-state index contributed by atoms with van der Waals surface area (Å²) in [6.45, 7) is 6.77. The molecule has 0 spiro atoms. The van der Waals surface area contributed by atoms with Gasteiger partial charge in [-0.1, -0.05) is 13.8 Å². The largest absolute Gasteiger partial charge is 0.465 e. The predicted molar refractivity (Wildman–Crippen MR) is 56.4 cm³/mol. The summed E-state index contributed by atoms with van der Waals surface area (Å²) in [6.07, 6.45) is 3.08. The van der Waals surface area contributed by atoms with E-state index in [1.165, 1.54) is 0 Å². The van der Waals surface area contributed by atoms with Crippen LogP contribution in [0.25, 0.3) is 0 Å². The first-order valence-corrected chi connectivity index (χ1v) is 5.86. The molecule has 0 aromatic heterocycles. The van der Waals surface area contributed by atoms with Gasteiger partial charge in [0.2, 0.25) is 0 Å². The van der Waals surface area contributed by atoms with Gasteiger partial charge in [-0.3, -0.25) is 4.79 Å². The Morgan fingerprint density at radius 1 is 1.60 bits per heavy atom. The van der Waals surface area contributed by atoms with Gasteiger partial charge < -0.3 is 9.47 Å². The van der Waals surface area contributed by atoms with Gasteiger partial charge in [0.05, 0.1) is 24.2 Å². The molecule has 2 aliphatic rings. The Morgan fingerprint density at radius 2 is 2.33 bits per heavy atom. The molecular weight excluding hydrogens is 192 g/mol. The quantitative estimate of drug-likeness (QED) is 0.531. The highest BCUT2D eigenvalue weighted by Crippen LogP contribution is 2.49. The van der Waals surface area contributed by atoms with Gasteiger partial charge in [-0.05, 0) is 32.1 Å². The van der Waals surface area contributed by atoms with Crippen molar-refractivity contribution in [2.75, 3.05) is 6.61 Å². The lowest BCUT2D eigenvalue weighted by atomic mass is 9.83. The molecule has 3 unspecified atom stereocenters. The van der Waals surface area contributed by atoms with E-state index in [2.05, 4.69) is 20.8 Å². The van der Waals surface area contributed by atoms with Crippen LogP contribution in [0.3, 0.4) is 0 Å². The van der Waals surface area contributed by atoms with Gasteiger partial charge in [0.25, 0.3) is 0 Å². The number of hydrogen-bond donors (Lipinski definition) is 0. The van der Waals surface area contributed by atoms with Crippen molar-refractivity contribution in [1.29, 1.82) is 0 Å². The fourth-order valence-electron chi connectivity index (χ4n) is 2.23. The van der Waals surface area contributed by atoms with Crippen molar-refractivity contribution in [3.05, 3.63) is 0 Å². The van der Waals surface area contributed by atoms with Gasteiger partial charge in [0, 0.05) is 0 Å². The molecule has 1 heterocycles. The lowest BCUT2D eigenvalue weighted by Crippen LogP contribution is -2.28. The minimum absolute atomic E-state index is 0.0266. The average molecular weight is 212 g/mol. The maximum atomic E-state index is 11.7. The van der Waals surface area contributed by atoms with Gasteiger partial charge in [-0.15, -0.1) is 0 Å². The Balaban J connectivity index is 1.77. The van der Waals surface area contributed by atoms with E-state index < -0.39 is 0 Å². The first-order valence-electron chi connectivity index (χ1n) is 5.86. The normalized spacial score (nSPS) is 38.7. The van der Waals surface area contributed by atoms with Gasteiger partial charge in [0.1, 0.15) is 0 Å². The van der Waals surface area contributed by atoms with Crippen molar-refractivity contribution in [3.63, 3.8) is 0 Å². The van der Waals surface area contributed by atoms with Crippen LogP contribution in [0.2, 0.25) is 0 Å². The number of esters is 1. The van der Waals surface area contributed by atoms with Crippen LogP contribution >= 0.6 is 0 Å². The molecule has 1 saturated carbocycles. The maximum absolute atomic E-state index is 11.7. The van der Waals surface area contributed by atoms with E-state index in [1.54, 1.807) is 0 Å². The molecule has 1 saturated heterocycles. The molecule has 2 fully saturated rings. The SMILES string of the molecule is CC(C)COC(=O)C1CCC2(C)OC2C1. The maximum Gasteiger partial charge on any atom is 0.309 e. The van der Waals surface area contributed by atoms with Crippen molar-refractivity contribution in [3.8, 4) is 0 Å². The van der Waals surface area contributed by atoms with Crippen molar-refractivity contribution in [1.82, 2.24) is 0 Å². The van der Waals surface area contributed by atoms with Gasteiger partial charge in [-0.2, -0.15) is 0 Å². The molecule has 0 N–H and O–H groups in total. The summed E-state index contributed by atoms with van der Waals surface area (Å²) < 4.78 is 10.8. The van der Waals surface area contributed by atoms with Crippen molar-refractivity contribution < 1.29 is 14.3 Å². The first-order chi connectivity index (χ1) is 7.01. The molecule has 15 heavy (non-hydrogen) atoms. The fourth-order valence-corrected chi connectivity index (χ4v) is 2.23. The summed E-state index contributed by atoms with van der Waals surface area (Å²) in [7, 11) is 0. The Hall–Kier alpha value is -0.570. The van der Waals surface area contributed by atoms with Crippen LogP contribution in [0.1, 0.15) is 40.0 Å². The second-order valence-corrected chi connectivity index (χ2v) is 5.41. The summed E-state index contributed by atoms with van der Waals surface area (Å²) >= 11 is 0. The summed E-state index contributed by atoms with van der Waals surface area (Å²) in [6, 6.07) is 0. The van der Waals surface area contributed by atoms with E-state index in [1.807, 2.05) is 0 Å². The van der Waals surface area contributed by atoms with Gasteiger partial charge >= 0.3 is 5.97 Å². The van der Waals surface area contributed by atoms with E-state index in [0.717, 1.165) is 19.3 Å². The van der Waals surface area contributed by atoms with Crippen molar-refractivity contribution in [2.45, 2.75) is 51.7 Å². The van der Waals surface area contributed by atoms with Gasteiger partial charge in [0.15, 0.2) is 0 Å². The summed E-state index contributed by atoms with van der Waals surface area (Å²) in [5.74, 6) is 0.463. The molecule has 1 aliphatic heterocycles. The Morgan fingerprint density at radius 3 is 2.93 bits per heavy atom. The summed E-state index contributed by atoms with van der Waals surface area (Å²) in [5, 5.41) is 0. The van der Waals surface area contributed by atoms with Crippen LogP contribution in [-0.2, 0) is 14.3 Å². The van der Waals surface area contributed by atoms with Crippen LogP contribution in [0.15, 0.2) is 0 Å². The molecule has 0 amide bonds. The lowest BCUT2D eigenvalue weighted by Gasteiger charge is -2.21. The number of carbonyl (C=O) groups is 1. The highest BCUT2D eigenvalue weighted by atomic mass is 16.6. The smallest absolute Gasteiger partial charge is 0.309 e. The Bertz CT molecular complexity index is 262. The van der Waals surface area contributed by atoms with Crippen molar-refractivity contribution in [2.24, 2.45) is 11.8 Å². The molecule has 2 rings (SSSR count). The molecule has 3 nitrogen and oxygen atoms in total. The van der Waals surface area contributed by atoms with Crippen molar-refractivity contribution >= 4 is 5.97 Å². The highest BCUT2D eigenvalue weighted by Gasteiger charge is 2.56. The average Bonchev–Trinajstić information content (AvgIpc) is 2.84. The van der Waals surface area contributed by atoms with Gasteiger partial charge in [-0.25, -0.2) is 0 Å². The molecule has 3 heteroatoms. The number of carbonyl (C=O) groups excluding carboxylic acids is 1. The Labute approximate surface area is 91.1 Å². The zero-order valence-electron chi connectivity index (χ0n) is 9.79. The molecule has 3 atom stereocenters. The van der Waals surface area contributed by atoms with Crippen LogP contribution < -0.4 is 0 Å². The number of rotatable bonds is 3. The molecule has 0 bridgehead atoms. The van der Waals surface area contributed by atoms with Crippen LogP contribution in [-0.4, -0.2) is 24.3 Å². The molecule has 0 aromatic carbocycles. The van der Waals surface area contributed by atoms with Crippen LogP contribution in [0.4, 0.5) is 0 Å². The zero-order valence-corrected chi connectivity index (χ0v) is 9.79. The zero-order chi connectivity index (χ0) is 11.1. The minimum atomic E-state index is -0.0266. The summed E-state index contributed by atoms with van der Waals surface area (Å²) in [5.41, 5.74) is 0.0921. The lowest BCUT2D eigenvalue weighted by molar-refractivity contribution is -0.150. The number of hydrogen-bond acceptors (Lipinski definition) is 3. The summed E-state index contributed by atoms with van der Waals surface area (Å²) in [4.78, 5) is 11.7. The van der Waals surface area contributed by atoms with Crippen LogP contribution in [0.5, 0.6) is 0 Å². The molecule has 0 radical (unpaired) electrons. The molecule has 0 aromatic rings. The van der Waals surface area contributed by atoms with E-state index in [4.69, 9.17) is 9.47 Å².